The van der Waals surface area contributed by atoms with Crippen LogP contribution in [0.5, 0.6) is 0 Å². The van der Waals surface area contributed by atoms with Crippen molar-refractivity contribution in [2.45, 2.75) is 31.0 Å². The normalized spacial score (nSPS) is 21.6. The summed E-state index contributed by atoms with van der Waals surface area (Å²) in [5, 5.41) is 6.34. The van der Waals surface area contributed by atoms with Crippen LogP contribution in [0.2, 0.25) is 0 Å². The topological polar surface area (TPSA) is 109 Å². The molecule has 0 saturated carbocycles. The van der Waals surface area contributed by atoms with Crippen molar-refractivity contribution in [2.24, 2.45) is 17.0 Å². The number of aromatic nitrogens is 2. The first-order valence-electron chi connectivity index (χ1n) is 9.62. The predicted octanol–water partition coefficient (Wildman–Crippen LogP) is 2.93. The van der Waals surface area contributed by atoms with Crippen molar-refractivity contribution in [1.82, 2.24) is 15.0 Å². The minimum atomic E-state index is -4.97. The first kappa shape index (κ1) is 24.9. The number of carbonyl (C=O) groups is 1. The van der Waals surface area contributed by atoms with E-state index < -0.39 is 69.2 Å². The molecule has 0 radical (unpaired) electrons. The molecule has 2 atom stereocenters. The number of pyridine rings is 2. The van der Waals surface area contributed by atoms with Crippen LogP contribution >= 0.6 is 0 Å². The van der Waals surface area contributed by atoms with Crippen molar-refractivity contribution in [3.05, 3.63) is 47.9 Å². The molecular weight excluding hydrogens is 473 g/mol. The highest BCUT2D eigenvalue weighted by molar-refractivity contribution is 7.89. The highest BCUT2D eigenvalue weighted by Crippen LogP contribution is 2.39. The van der Waals surface area contributed by atoms with Gasteiger partial charge in [-0.15, -0.1) is 0 Å². The molecular formula is C19H20F5N5O3S. The Balaban J connectivity index is 2.17. The number of hydrazine groups is 1. The van der Waals surface area contributed by atoms with E-state index in [0.717, 1.165) is 46.7 Å². The third-order valence-electron chi connectivity index (χ3n) is 5.32. The minimum Gasteiger partial charge on any atom is -0.267 e. The van der Waals surface area contributed by atoms with Crippen LogP contribution in [0.1, 0.15) is 29.9 Å². The molecule has 8 nitrogen and oxygen atoms in total. The van der Waals surface area contributed by atoms with Gasteiger partial charge in [0.25, 0.3) is 21.9 Å². The molecule has 1 fully saturated rings. The second kappa shape index (κ2) is 8.57. The Morgan fingerprint density at radius 3 is 2.30 bits per heavy atom. The summed E-state index contributed by atoms with van der Waals surface area (Å²) in [6, 6.07) is 4.08. The molecule has 0 aromatic carbocycles. The summed E-state index contributed by atoms with van der Waals surface area (Å²) in [7, 11) is -4.33. The number of alkyl halides is 5. The van der Waals surface area contributed by atoms with E-state index in [-0.39, 0.29) is 5.69 Å². The van der Waals surface area contributed by atoms with Crippen molar-refractivity contribution < 1.29 is 35.2 Å². The first-order chi connectivity index (χ1) is 15.1. The average Bonchev–Trinajstić information content (AvgIpc) is 2.71. The molecule has 1 saturated heterocycles. The number of sulfonamides is 1. The summed E-state index contributed by atoms with van der Waals surface area (Å²) >= 11 is 0. The maximum Gasteiger partial charge on any atom is 0.434 e. The predicted molar refractivity (Wildman–Crippen MR) is 107 cm³/mol. The highest BCUT2D eigenvalue weighted by Gasteiger charge is 2.49. The second-order valence-corrected chi connectivity index (χ2v) is 9.27. The van der Waals surface area contributed by atoms with E-state index in [0.29, 0.717) is 0 Å². The number of halogens is 5. The van der Waals surface area contributed by atoms with Crippen LogP contribution in [0.4, 0.5) is 27.6 Å². The maximum absolute atomic E-state index is 14.4. The van der Waals surface area contributed by atoms with Gasteiger partial charge in [-0.25, -0.2) is 37.3 Å². The summed E-state index contributed by atoms with van der Waals surface area (Å²) in [4.78, 5) is 20.3. The van der Waals surface area contributed by atoms with Crippen LogP contribution in [-0.4, -0.2) is 48.3 Å². The fourth-order valence-electron chi connectivity index (χ4n) is 3.61. The van der Waals surface area contributed by atoms with Crippen molar-refractivity contribution in [3.63, 3.8) is 0 Å². The highest BCUT2D eigenvalue weighted by atomic mass is 32.2. The van der Waals surface area contributed by atoms with Gasteiger partial charge in [0.1, 0.15) is 0 Å². The van der Waals surface area contributed by atoms with Crippen LogP contribution in [0.25, 0.3) is 0 Å². The van der Waals surface area contributed by atoms with E-state index in [2.05, 4.69) is 9.97 Å². The van der Waals surface area contributed by atoms with Crippen LogP contribution in [0.3, 0.4) is 0 Å². The third-order valence-corrected chi connectivity index (χ3v) is 6.13. The van der Waals surface area contributed by atoms with Crippen molar-refractivity contribution >= 4 is 21.6 Å². The number of nitrogens with two attached hydrogens (primary N) is 1. The molecule has 180 valence electrons. The molecule has 3 heterocycles. The molecule has 1 aliphatic rings. The van der Waals surface area contributed by atoms with E-state index in [9.17, 15) is 35.2 Å². The Hall–Kier alpha value is -2.71. The van der Waals surface area contributed by atoms with Gasteiger partial charge in [0.05, 0.1) is 11.3 Å². The van der Waals surface area contributed by atoms with Gasteiger partial charge in [-0.05, 0) is 18.2 Å². The van der Waals surface area contributed by atoms with E-state index in [1.165, 1.54) is 13.8 Å². The monoisotopic (exact) mass is 493 g/mol. The van der Waals surface area contributed by atoms with Crippen molar-refractivity contribution in [2.75, 3.05) is 18.1 Å². The Kier molecular flexibility index (Phi) is 6.47. The van der Waals surface area contributed by atoms with Crippen molar-refractivity contribution in [1.29, 1.82) is 0 Å². The van der Waals surface area contributed by atoms with E-state index >= 15 is 0 Å². The summed E-state index contributed by atoms with van der Waals surface area (Å²) in [6.45, 7) is 1.72. The van der Waals surface area contributed by atoms with Crippen LogP contribution in [-0.2, 0) is 16.2 Å². The Morgan fingerprint density at radius 2 is 1.76 bits per heavy atom. The summed E-state index contributed by atoms with van der Waals surface area (Å²) in [5.41, 5.74) is -2.51. The number of anilines is 1. The fourth-order valence-corrected chi connectivity index (χ4v) is 4.11. The number of carbonyl (C=O) groups excluding carboxylic acids is 1. The molecule has 2 aromatic rings. The molecule has 1 aliphatic heterocycles. The zero-order chi connectivity index (χ0) is 24.8. The molecule has 14 heteroatoms. The lowest BCUT2D eigenvalue weighted by atomic mass is 9.88. The lowest BCUT2D eigenvalue weighted by Crippen LogP contribution is -2.59. The molecule has 2 aromatic heterocycles. The summed E-state index contributed by atoms with van der Waals surface area (Å²) in [5.74, 6) is -6.83. The number of piperidine rings is 1. The van der Waals surface area contributed by atoms with Crippen LogP contribution in [0.15, 0.2) is 41.7 Å². The fraction of sp³-hybridized carbons (Fsp3) is 0.421. The molecule has 1 amide bonds. The van der Waals surface area contributed by atoms with Gasteiger partial charge in [0, 0.05) is 43.4 Å². The molecule has 0 unspecified atom stereocenters. The largest absolute Gasteiger partial charge is 0.434 e. The Labute approximate surface area is 186 Å². The van der Waals surface area contributed by atoms with Gasteiger partial charge in [-0.2, -0.15) is 13.2 Å². The first-order valence-corrected chi connectivity index (χ1v) is 11.2. The van der Waals surface area contributed by atoms with E-state index in [4.69, 9.17) is 5.14 Å². The number of hydrogen-bond acceptors (Lipinski definition) is 6. The van der Waals surface area contributed by atoms with Gasteiger partial charge in [0.2, 0.25) is 0 Å². The second-order valence-electron chi connectivity index (χ2n) is 7.76. The number of hydrogen-bond donors (Lipinski definition) is 1. The third kappa shape index (κ3) is 4.96. The standard InChI is InChI=1S/C19H20F5N5O3S/c1-11-9-28(10-12(2)18(11,20)21)29(13-5-7-26-15(8-13)33(25,31)32)17(30)14-4-3-6-27-16(14)19(22,23)24/h3-8,11-12H,9-10H2,1-2H3,(H2,25,31,32)/t11-,12+. The molecule has 0 spiro atoms. The number of rotatable bonds is 4. The molecule has 0 bridgehead atoms. The summed E-state index contributed by atoms with van der Waals surface area (Å²) < 4.78 is 92.8. The smallest absolute Gasteiger partial charge is 0.267 e. The van der Waals surface area contributed by atoms with Gasteiger partial charge in [0.15, 0.2) is 10.7 Å². The minimum absolute atomic E-state index is 0.208. The van der Waals surface area contributed by atoms with Gasteiger partial charge >= 0.3 is 6.18 Å². The maximum atomic E-state index is 14.4. The summed E-state index contributed by atoms with van der Waals surface area (Å²) in [6.07, 6.45) is -3.12. The van der Waals surface area contributed by atoms with Gasteiger partial charge in [-0.1, -0.05) is 13.8 Å². The molecule has 33 heavy (non-hydrogen) atoms. The number of nitrogens with zero attached hydrogens (tertiary/aromatic N) is 4. The van der Waals surface area contributed by atoms with Crippen LogP contribution < -0.4 is 10.1 Å². The van der Waals surface area contributed by atoms with Gasteiger partial charge < -0.3 is 0 Å². The van der Waals surface area contributed by atoms with Crippen LogP contribution in [0, 0.1) is 11.8 Å². The lowest BCUT2D eigenvalue weighted by molar-refractivity contribution is -0.141. The van der Waals surface area contributed by atoms with Crippen molar-refractivity contribution in [3.8, 4) is 0 Å². The molecule has 0 aliphatic carbocycles. The Bertz CT molecular complexity index is 1140. The lowest BCUT2D eigenvalue weighted by Gasteiger charge is -2.45. The number of amides is 1. The Morgan fingerprint density at radius 1 is 1.15 bits per heavy atom. The van der Waals surface area contributed by atoms with Gasteiger partial charge in [-0.3, -0.25) is 9.78 Å². The quantitative estimate of drug-likeness (QED) is 0.656. The zero-order valence-electron chi connectivity index (χ0n) is 17.4. The zero-order valence-corrected chi connectivity index (χ0v) is 18.2. The molecule has 3 rings (SSSR count). The SMILES string of the molecule is C[C@@H]1CN(N(C(=O)c2cccnc2C(F)(F)F)c2ccnc(S(N)(=O)=O)c2)C[C@H](C)C1(F)F. The average molecular weight is 493 g/mol. The number of primary sulfonamides is 1. The molecule has 2 N–H and O–H groups in total. The van der Waals surface area contributed by atoms with E-state index in [1.54, 1.807) is 0 Å². The van der Waals surface area contributed by atoms with E-state index in [1.807, 2.05) is 0 Å².